The van der Waals surface area contributed by atoms with Crippen molar-refractivity contribution in [3.05, 3.63) is 60.7 Å². The Labute approximate surface area is 254 Å². The van der Waals surface area contributed by atoms with Crippen molar-refractivity contribution in [2.45, 2.75) is 63.8 Å². The molecule has 4 heterocycles. The first-order valence-electron chi connectivity index (χ1n) is 14.8. The highest BCUT2D eigenvalue weighted by Crippen LogP contribution is 2.43. The molecular weight excluding hydrogens is 640 g/mol. The van der Waals surface area contributed by atoms with Crippen molar-refractivity contribution in [3.63, 3.8) is 0 Å². The number of carbonyl (C=O) groups is 1. The summed E-state index contributed by atoms with van der Waals surface area (Å²) in [6.45, 7) is 6.20. The standard InChI is InChI=1S/C31H39Br2ClN4O/c32-24-18-23-1-2-25-26(3-4-27(34)29(25)33)31(30(23)36-19-24)38-15-9-22(10-16-38)21-7-13-37(14-8-21)28(39)17-20-5-11-35-12-6-20/h3-4,18-22,31,35H,1-2,5-17H2. The van der Waals surface area contributed by atoms with Gasteiger partial charge in [0, 0.05) is 34.7 Å². The van der Waals surface area contributed by atoms with Gasteiger partial charge in [0.2, 0.25) is 5.91 Å². The van der Waals surface area contributed by atoms with Crippen molar-refractivity contribution in [2.75, 3.05) is 39.3 Å². The third-order valence-electron chi connectivity index (χ3n) is 9.82. The molecule has 3 aliphatic heterocycles. The Hall–Kier alpha value is -0.990. The van der Waals surface area contributed by atoms with E-state index in [1.54, 1.807) is 0 Å². The first kappa shape index (κ1) is 28.1. The van der Waals surface area contributed by atoms with Gasteiger partial charge in [0.1, 0.15) is 0 Å². The molecule has 3 fully saturated rings. The summed E-state index contributed by atoms with van der Waals surface area (Å²) in [6, 6.07) is 6.68. The van der Waals surface area contributed by atoms with Crippen LogP contribution in [0.5, 0.6) is 0 Å². The fraction of sp³-hybridized carbons (Fsp3) is 0.613. The summed E-state index contributed by atoms with van der Waals surface area (Å²) in [6.07, 6.45) is 11.7. The zero-order valence-corrected chi connectivity index (χ0v) is 26.5. The van der Waals surface area contributed by atoms with Crippen LogP contribution in [0.25, 0.3) is 0 Å². The molecule has 1 aliphatic carbocycles. The Morgan fingerprint density at radius 3 is 2.38 bits per heavy atom. The molecular formula is C31H39Br2ClN4O. The average Bonchev–Trinajstić information content (AvgIpc) is 3.12. The molecule has 1 aromatic heterocycles. The molecule has 39 heavy (non-hydrogen) atoms. The molecule has 1 unspecified atom stereocenters. The van der Waals surface area contributed by atoms with Crippen molar-refractivity contribution in [3.8, 4) is 0 Å². The Bertz CT molecular complexity index is 1190. The van der Waals surface area contributed by atoms with Gasteiger partial charge in [-0.25, -0.2) is 0 Å². The van der Waals surface area contributed by atoms with Gasteiger partial charge in [-0.1, -0.05) is 17.7 Å². The molecule has 1 aromatic carbocycles. The summed E-state index contributed by atoms with van der Waals surface area (Å²) < 4.78 is 2.08. The number of hydrogen-bond acceptors (Lipinski definition) is 4. The molecule has 1 amide bonds. The summed E-state index contributed by atoms with van der Waals surface area (Å²) in [5, 5.41) is 4.20. The summed E-state index contributed by atoms with van der Waals surface area (Å²) in [7, 11) is 0. The summed E-state index contributed by atoms with van der Waals surface area (Å²) in [5.41, 5.74) is 5.20. The fourth-order valence-electron chi connectivity index (χ4n) is 7.56. The van der Waals surface area contributed by atoms with Crippen LogP contribution < -0.4 is 5.32 Å². The molecule has 0 radical (unpaired) electrons. The normalized spacial score (nSPS) is 23.8. The predicted molar refractivity (Wildman–Crippen MR) is 164 cm³/mol. The highest BCUT2D eigenvalue weighted by molar-refractivity contribution is 9.10. The van der Waals surface area contributed by atoms with E-state index in [-0.39, 0.29) is 6.04 Å². The molecule has 1 N–H and O–H groups in total. The second-order valence-corrected chi connectivity index (χ2v) is 14.1. The van der Waals surface area contributed by atoms with E-state index < -0.39 is 0 Å². The third kappa shape index (κ3) is 6.13. The number of benzene rings is 1. The lowest BCUT2D eigenvalue weighted by Crippen LogP contribution is -2.44. The van der Waals surface area contributed by atoms with E-state index in [0.717, 1.165) is 97.2 Å². The maximum absolute atomic E-state index is 12.9. The van der Waals surface area contributed by atoms with Crippen LogP contribution in [0, 0.1) is 17.8 Å². The minimum atomic E-state index is 0.162. The van der Waals surface area contributed by atoms with Gasteiger partial charge in [-0.2, -0.15) is 0 Å². The Morgan fingerprint density at radius 1 is 0.974 bits per heavy atom. The van der Waals surface area contributed by atoms with Crippen molar-refractivity contribution in [1.82, 2.24) is 20.1 Å². The minimum Gasteiger partial charge on any atom is -0.343 e. The maximum Gasteiger partial charge on any atom is 0.222 e. The van der Waals surface area contributed by atoms with Crippen LogP contribution in [0.15, 0.2) is 33.3 Å². The second-order valence-electron chi connectivity index (χ2n) is 12.0. The fourth-order valence-corrected chi connectivity index (χ4v) is 8.68. The van der Waals surface area contributed by atoms with Crippen LogP contribution in [-0.2, 0) is 17.6 Å². The van der Waals surface area contributed by atoms with Crippen molar-refractivity contribution in [2.24, 2.45) is 17.8 Å². The van der Waals surface area contributed by atoms with Crippen LogP contribution in [0.1, 0.15) is 73.4 Å². The summed E-state index contributed by atoms with van der Waals surface area (Å²) >= 11 is 14.0. The number of piperidine rings is 3. The second kappa shape index (κ2) is 12.5. The Morgan fingerprint density at radius 2 is 1.67 bits per heavy atom. The van der Waals surface area contributed by atoms with Crippen LogP contribution >= 0.6 is 43.5 Å². The highest BCUT2D eigenvalue weighted by atomic mass is 79.9. The van der Waals surface area contributed by atoms with Gasteiger partial charge in [0.25, 0.3) is 0 Å². The van der Waals surface area contributed by atoms with E-state index in [1.165, 1.54) is 48.1 Å². The molecule has 210 valence electrons. The topological polar surface area (TPSA) is 48.5 Å². The number of pyridine rings is 1. The number of fused-ring (bicyclic) bond motifs is 2. The number of hydrogen-bond donors (Lipinski definition) is 1. The third-order valence-corrected chi connectivity index (χ3v) is 11.7. The number of nitrogens with zero attached hydrogens (tertiary/aromatic N) is 3. The van der Waals surface area contributed by atoms with Crippen LogP contribution in [0.4, 0.5) is 0 Å². The van der Waals surface area contributed by atoms with Gasteiger partial charge >= 0.3 is 0 Å². The average molecular weight is 679 g/mol. The number of nitrogens with one attached hydrogen (secondary N) is 1. The van der Waals surface area contributed by atoms with Crippen LogP contribution in [0.2, 0.25) is 5.02 Å². The zero-order chi connectivity index (χ0) is 26.9. The molecule has 8 heteroatoms. The molecule has 1 atom stereocenters. The van der Waals surface area contributed by atoms with Crippen molar-refractivity contribution < 1.29 is 4.79 Å². The van der Waals surface area contributed by atoms with E-state index in [1.807, 2.05) is 12.3 Å². The van der Waals surface area contributed by atoms with Gasteiger partial charge in [0.05, 0.1) is 16.8 Å². The van der Waals surface area contributed by atoms with E-state index in [0.29, 0.717) is 11.8 Å². The smallest absolute Gasteiger partial charge is 0.222 e. The number of halogens is 3. The van der Waals surface area contributed by atoms with Crippen LogP contribution in [-0.4, -0.2) is 60.0 Å². The number of aromatic nitrogens is 1. The first-order chi connectivity index (χ1) is 19.0. The Balaban J connectivity index is 1.11. The molecule has 6 rings (SSSR count). The lowest BCUT2D eigenvalue weighted by molar-refractivity contribution is -0.134. The largest absolute Gasteiger partial charge is 0.343 e. The molecule has 3 saturated heterocycles. The summed E-state index contributed by atoms with van der Waals surface area (Å²) in [4.78, 5) is 22.8. The SMILES string of the molecule is O=C(CC1CCNCC1)N1CCC(C2CCN(C3c4ccc(Cl)c(Br)c4CCc4cc(Br)cnc43)CC2)CC1. The van der Waals surface area contributed by atoms with Gasteiger partial charge < -0.3 is 10.2 Å². The number of carbonyl (C=O) groups excluding carboxylic acids is 1. The Kier molecular flexibility index (Phi) is 9.01. The molecule has 0 spiro atoms. The summed E-state index contributed by atoms with van der Waals surface area (Å²) in [5.74, 6) is 2.46. The van der Waals surface area contributed by atoms with E-state index in [9.17, 15) is 4.79 Å². The lowest BCUT2D eigenvalue weighted by Gasteiger charge is -2.43. The van der Waals surface area contributed by atoms with Crippen molar-refractivity contribution >= 4 is 49.4 Å². The molecule has 5 nitrogen and oxygen atoms in total. The lowest BCUT2D eigenvalue weighted by atomic mass is 9.78. The number of aryl methyl sites for hydroxylation is 1. The van der Waals surface area contributed by atoms with Crippen molar-refractivity contribution in [1.29, 1.82) is 0 Å². The zero-order valence-electron chi connectivity index (χ0n) is 22.6. The molecule has 2 aromatic rings. The molecule has 4 aliphatic rings. The van der Waals surface area contributed by atoms with E-state index in [4.69, 9.17) is 16.6 Å². The first-order valence-corrected chi connectivity index (χ1v) is 16.8. The predicted octanol–water partition coefficient (Wildman–Crippen LogP) is 6.79. The monoisotopic (exact) mass is 676 g/mol. The number of likely N-dealkylation sites (tertiary alicyclic amines) is 2. The number of rotatable bonds is 4. The van der Waals surface area contributed by atoms with E-state index in [2.05, 4.69) is 59.1 Å². The number of amides is 1. The molecule has 0 saturated carbocycles. The molecule has 0 bridgehead atoms. The minimum absolute atomic E-state index is 0.162. The quantitative estimate of drug-likeness (QED) is 0.387. The maximum atomic E-state index is 12.9. The highest BCUT2D eigenvalue weighted by Gasteiger charge is 2.36. The van der Waals surface area contributed by atoms with Gasteiger partial charge in [-0.15, -0.1) is 0 Å². The van der Waals surface area contributed by atoms with Gasteiger partial charge in [-0.3, -0.25) is 14.7 Å². The van der Waals surface area contributed by atoms with E-state index >= 15 is 0 Å². The van der Waals surface area contributed by atoms with Gasteiger partial charge in [-0.05, 0) is 156 Å². The van der Waals surface area contributed by atoms with Gasteiger partial charge in [0.15, 0.2) is 0 Å². The van der Waals surface area contributed by atoms with Crippen LogP contribution in [0.3, 0.4) is 0 Å².